The van der Waals surface area contributed by atoms with E-state index in [1.807, 2.05) is 12.1 Å². The monoisotopic (exact) mass is 693 g/mol. The normalized spacial score (nSPS) is 27.2. The summed E-state index contributed by atoms with van der Waals surface area (Å²) in [4.78, 5) is 106. The van der Waals surface area contributed by atoms with Crippen LogP contribution in [0.25, 0.3) is 0 Å². The summed E-state index contributed by atoms with van der Waals surface area (Å²) in [7, 11) is 0. The summed E-state index contributed by atoms with van der Waals surface area (Å²) in [5.74, 6) is -2.51. The van der Waals surface area contributed by atoms with Gasteiger partial charge >= 0.3 is 0 Å². The molecule has 51 heavy (non-hydrogen) atoms. The van der Waals surface area contributed by atoms with Crippen molar-refractivity contribution in [1.82, 2.24) is 20.4 Å². The Bertz CT molecular complexity index is 1910. The summed E-state index contributed by atoms with van der Waals surface area (Å²) < 4.78 is 0. The van der Waals surface area contributed by atoms with Crippen LogP contribution in [0.2, 0.25) is 0 Å². The van der Waals surface area contributed by atoms with Crippen LogP contribution >= 0.6 is 0 Å². The number of piperidine rings is 3. The minimum atomic E-state index is -0.998. The van der Waals surface area contributed by atoms with Crippen molar-refractivity contribution in [2.45, 2.75) is 82.7 Å². The topological polar surface area (TPSA) is 170 Å². The third-order valence-electron chi connectivity index (χ3n) is 11.9. The summed E-state index contributed by atoms with van der Waals surface area (Å²) in [5.41, 5.74) is 2.87. The van der Waals surface area contributed by atoms with Gasteiger partial charge in [-0.05, 0) is 99.3 Å². The van der Waals surface area contributed by atoms with Crippen molar-refractivity contribution in [3.05, 3.63) is 64.2 Å². The highest BCUT2D eigenvalue weighted by atomic mass is 16.2. The molecule has 1 aliphatic carbocycles. The summed E-state index contributed by atoms with van der Waals surface area (Å²) in [6.45, 7) is 1.49. The lowest BCUT2D eigenvalue weighted by Crippen LogP contribution is -2.54. The smallest absolute Gasteiger partial charge is 0.264 e. The van der Waals surface area contributed by atoms with E-state index in [4.69, 9.17) is 0 Å². The summed E-state index contributed by atoms with van der Waals surface area (Å²) in [6, 6.07) is 8.63. The Morgan fingerprint density at radius 1 is 0.549 bits per heavy atom. The number of carbonyl (C=O) groups excluding carboxylic acids is 8. The molecule has 0 spiro atoms. The Morgan fingerprint density at radius 2 is 1.06 bits per heavy atom. The van der Waals surface area contributed by atoms with Gasteiger partial charge in [-0.1, -0.05) is 18.2 Å². The molecular weight excluding hydrogens is 654 g/mol. The molecule has 6 aliphatic rings. The second-order valence-corrected chi connectivity index (χ2v) is 14.7. The van der Waals surface area contributed by atoms with Gasteiger partial charge in [0.2, 0.25) is 23.6 Å². The van der Waals surface area contributed by atoms with Crippen molar-refractivity contribution in [2.24, 2.45) is 17.8 Å². The molecule has 8 amide bonds. The van der Waals surface area contributed by atoms with Gasteiger partial charge in [0, 0.05) is 25.9 Å². The number of nitrogens with one attached hydrogen (secondary N) is 2. The van der Waals surface area contributed by atoms with Gasteiger partial charge in [0.1, 0.15) is 12.1 Å². The molecule has 8 rings (SSSR count). The van der Waals surface area contributed by atoms with Crippen LogP contribution < -0.4 is 15.5 Å². The molecule has 4 fully saturated rings. The standard InChI is InChI=1S/C38H39N5O8/c44-29-13-11-27(33(46)39-29)42-35(48)24-4-1-3-23(31(24)37(42)50)19-20-7-9-21(10-8-20)22-15-17-41(18-16-22)26-6-2-5-25-32(26)38(51)43(36(25)49)28-12-14-30(45)40-34(28)47/h1-6,20-22,27-28H,7-19H2,(H,39,44,46)(H,40,45,47). The molecule has 2 unspecified atom stereocenters. The molecule has 3 saturated heterocycles. The van der Waals surface area contributed by atoms with Crippen LogP contribution in [0.4, 0.5) is 5.69 Å². The first-order chi connectivity index (χ1) is 24.6. The van der Waals surface area contributed by atoms with Gasteiger partial charge in [0.05, 0.1) is 27.9 Å². The minimum absolute atomic E-state index is 0.0756. The molecule has 0 radical (unpaired) electrons. The number of rotatable bonds is 6. The van der Waals surface area contributed by atoms with E-state index in [9.17, 15) is 38.4 Å². The highest BCUT2D eigenvalue weighted by Crippen LogP contribution is 2.42. The second-order valence-electron chi connectivity index (χ2n) is 14.7. The lowest BCUT2D eigenvalue weighted by Gasteiger charge is -2.40. The molecule has 2 atom stereocenters. The van der Waals surface area contributed by atoms with E-state index >= 15 is 0 Å². The summed E-state index contributed by atoms with van der Waals surface area (Å²) in [5, 5.41) is 4.50. The number of amides is 8. The average Bonchev–Trinajstić information content (AvgIpc) is 3.53. The quantitative estimate of drug-likeness (QED) is 0.432. The zero-order valence-corrected chi connectivity index (χ0v) is 28.2. The Balaban J connectivity index is 0.879. The van der Waals surface area contributed by atoms with E-state index in [2.05, 4.69) is 15.5 Å². The third kappa shape index (κ3) is 5.62. The van der Waals surface area contributed by atoms with Crippen molar-refractivity contribution in [3.8, 4) is 0 Å². The van der Waals surface area contributed by atoms with Crippen LogP contribution in [-0.4, -0.2) is 82.2 Å². The van der Waals surface area contributed by atoms with Gasteiger partial charge < -0.3 is 4.90 Å². The van der Waals surface area contributed by atoms with Crippen molar-refractivity contribution in [1.29, 1.82) is 0 Å². The lowest BCUT2D eigenvalue weighted by molar-refractivity contribution is -0.137. The van der Waals surface area contributed by atoms with Crippen molar-refractivity contribution < 1.29 is 38.4 Å². The van der Waals surface area contributed by atoms with Gasteiger partial charge in [-0.3, -0.25) is 58.8 Å². The van der Waals surface area contributed by atoms with Gasteiger partial charge in [0.15, 0.2) is 0 Å². The van der Waals surface area contributed by atoms with Crippen LogP contribution in [0, 0.1) is 17.8 Å². The lowest BCUT2D eigenvalue weighted by atomic mass is 9.71. The van der Waals surface area contributed by atoms with Gasteiger partial charge in [-0.25, -0.2) is 0 Å². The van der Waals surface area contributed by atoms with Gasteiger partial charge in [-0.2, -0.15) is 0 Å². The predicted octanol–water partition coefficient (Wildman–Crippen LogP) is 2.75. The van der Waals surface area contributed by atoms with E-state index in [1.54, 1.807) is 24.3 Å². The number of fused-ring (bicyclic) bond motifs is 2. The fraction of sp³-hybridized carbons (Fsp3) is 0.474. The molecule has 5 heterocycles. The second kappa shape index (κ2) is 12.8. The van der Waals surface area contributed by atoms with E-state index in [1.165, 1.54) is 0 Å². The fourth-order valence-electron chi connectivity index (χ4n) is 9.30. The molecule has 5 aliphatic heterocycles. The highest BCUT2D eigenvalue weighted by molar-refractivity contribution is 6.26. The van der Waals surface area contributed by atoms with Crippen LogP contribution in [0.15, 0.2) is 36.4 Å². The highest BCUT2D eigenvalue weighted by Gasteiger charge is 2.47. The third-order valence-corrected chi connectivity index (χ3v) is 11.9. The molecule has 1 saturated carbocycles. The van der Waals surface area contributed by atoms with E-state index in [0.717, 1.165) is 67.0 Å². The number of anilines is 1. The minimum Gasteiger partial charge on any atom is -0.371 e. The van der Waals surface area contributed by atoms with Crippen LogP contribution in [0.3, 0.4) is 0 Å². The Morgan fingerprint density at radius 3 is 1.63 bits per heavy atom. The van der Waals surface area contributed by atoms with Gasteiger partial charge in [0.25, 0.3) is 23.6 Å². The molecule has 13 nitrogen and oxygen atoms in total. The maximum absolute atomic E-state index is 13.6. The molecule has 264 valence electrons. The van der Waals surface area contributed by atoms with Crippen molar-refractivity contribution in [3.63, 3.8) is 0 Å². The maximum atomic E-state index is 13.6. The molecule has 0 bridgehead atoms. The van der Waals surface area contributed by atoms with Crippen molar-refractivity contribution in [2.75, 3.05) is 18.0 Å². The fourth-order valence-corrected chi connectivity index (χ4v) is 9.30. The number of imide groups is 4. The first kappa shape index (κ1) is 33.0. The number of benzene rings is 2. The zero-order chi connectivity index (χ0) is 35.6. The molecule has 13 heteroatoms. The number of carbonyl (C=O) groups is 8. The summed E-state index contributed by atoms with van der Waals surface area (Å²) in [6.07, 6.45) is 7.13. The molecular formula is C38H39N5O8. The van der Waals surface area contributed by atoms with Gasteiger partial charge in [-0.15, -0.1) is 0 Å². The van der Waals surface area contributed by atoms with Crippen LogP contribution in [0.5, 0.6) is 0 Å². The largest absolute Gasteiger partial charge is 0.371 e. The Kier molecular flexibility index (Phi) is 8.30. The van der Waals surface area contributed by atoms with E-state index < -0.39 is 59.3 Å². The zero-order valence-electron chi connectivity index (χ0n) is 28.2. The van der Waals surface area contributed by atoms with E-state index in [-0.39, 0.29) is 25.7 Å². The number of hydrogen-bond donors (Lipinski definition) is 2. The van der Waals surface area contributed by atoms with Crippen LogP contribution in [-0.2, 0) is 25.6 Å². The molecule has 2 aromatic carbocycles. The SMILES string of the molecule is O=C1CCC(N2C(=O)c3cccc(CC4CCC(C5CCN(c6cccc7c6C(=O)N(C6CCC(=O)NC6=O)C7=O)CC5)CC4)c3C2=O)C(=O)N1. The van der Waals surface area contributed by atoms with Crippen molar-refractivity contribution >= 4 is 52.9 Å². The molecule has 0 aromatic heterocycles. The Hall–Kier alpha value is -5.20. The molecule has 2 aromatic rings. The first-order valence-corrected chi connectivity index (χ1v) is 18.0. The molecule has 2 N–H and O–H groups in total. The first-order valence-electron chi connectivity index (χ1n) is 18.0. The predicted molar refractivity (Wildman–Crippen MR) is 180 cm³/mol. The van der Waals surface area contributed by atoms with Crippen LogP contribution in [0.1, 0.15) is 111 Å². The van der Waals surface area contributed by atoms with E-state index in [0.29, 0.717) is 52.1 Å². The maximum Gasteiger partial charge on any atom is 0.264 e. The number of hydrogen-bond acceptors (Lipinski definition) is 9. The number of nitrogens with zero attached hydrogens (tertiary/aromatic N) is 3. The Labute approximate surface area is 294 Å². The average molecular weight is 694 g/mol. The summed E-state index contributed by atoms with van der Waals surface area (Å²) >= 11 is 0.